The molecule has 0 saturated heterocycles. The van der Waals surface area contributed by atoms with E-state index < -0.39 is 0 Å². The lowest BCUT2D eigenvalue weighted by atomic mass is 10.0. The van der Waals surface area contributed by atoms with Gasteiger partial charge in [0.05, 0.1) is 0 Å². The quantitative estimate of drug-likeness (QED) is 0.814. The molecular formula is C17H27N3O. The molecule has 1 fully saturated rings. The van der Waals surface area contributed by atoms with E-state index in [1.54, 1.807) is 6.20 Å². The Bertz CT molecular complexity index is 461. The molecule has 116 valence electrons. The SMILES string of the molecule is CCCNc1ccnc(C(=O)NC2CCCC(C)CC2)c1. The van der Waals surface area contributed by atoms with E-state index in [0.29, 0.717) is 11.7 Å². The topological polar surface area (TPSA) is 54.0 Å². The van der Waals surface area contributed by atoms with Gasteiger partial charge in [0.25, 0.3) is 5.91 Å². The van der Waals surface area contributed by atoms with Gasteiger partial charge in [0.1, 0.15) is 5.69 Å². The molecule has 1 aromatic heterocycles. The molecule has 4 nitrogen and oxygen atoms in total. The summed E-state index contributed by atoms with van der Waals surface area (Å²) in [7, 11) is 0. The van der Waals surface area contributed by atoms with Crippen LogP contribution in [0, 0.1) is 5.92 Å². The van der Waals surface area contributed by atoms with E-state index in [1.807, 2.05) is 12.1 Å². The highest BCUT2D eigenvalue weighted by molar-refractivity contribution is 5.93. The number of carbonyl (C=O) groups excluding carboxylic acids is 1. The first-order chi connectivity index (χ1) is 10.2. The minimum absolute atomic E-state index is 0.0466. The van der Waals surface area contributed by atoms with Gasteiger partial charge < -0.3 is 10.6 Å². The van der Waals surface area contributed by atoms with E-state index in [4.69, 9.17) is 0 Å². The van der Waals surface area contributed by atoms with Crippen LogP contribution in [-0.4, -0.2) is 23.5 Å². The zero-order valence-electron chi connectivity index (χ0n) is 13.2. The van der Waals surface area contributed by atoms with Crippen molar-refractivity contribution in [2.45, 2.75) is 58.4 Å². The van der Waals surface area contributed by atoms with Gasteiger partial charge in [-0.25, -0.2) is 0 Å². The van der Waals surface area contributed by atoms with Crippen LogP contribution in [-0.2, 0) is 0 Å². The van der Waals surface area contributed by atoms with Gasteiger partial charge >= 0.3 is 0 Å². The molecule has 1 saturated carbocycles. The van der Waals surface area contributed by atoms with Gasteiger partial charge in [-0.1, -0.05) is 26.7 Å². The summed E-state index contributed by atoms with van der Waals surface area (Å²) in [5, 5.41) is 6.44. The number of nitrogens with one attached hydrogen (secondary N) is 2. The standard InChI is InChI=1S/C17H27N3O/c1-3-10-18-15-9-11-19-16(12-15)17(21)20-14-6-4-5-13(2)7-8-14/h9,11-14H,3-8,10H2,1-2H3,(H,18,19)(H,20,21). The van der Waals surface area contributed by atoms with E-state index in [9.17, 15) is 4.79 Å². The van der Waals surface area contributed by atoms with Crippen LogP contribution in [0.1, 0.15) is 62.9 Å². The van der Waals surface area contributed by atoms with Gasteiger partial charge in [0.15, 0.2) is 0 Å². The third kappa shape index (κ3) is 5.03. The van der Waals surface area contributed by atoms with E-state index in [-0.39, 0.29) is 5.91 Å². The first kappa shape index (κ1) is 15.8. The normalized spacial score (nSPS) is 22.4. The first-order valence-corrected chi connectivity index (χ1v) is 8.19. The molecule has 1 amide bonds. The molecule has 2 unspecified atom stereocenters. The summed E-state index contributed by atoms with van der Waals surface area (Å²) in [4.78, 5) is 16.5. The molecule has 0 spiro atoms. The van der Waals surface area contributed by atoms with Gasteiger partial charge in [-0.2, -0.15) is 0 Å². The van der Waals surface area contributed by atoms with Crippen molar-refractivity contribution in [3.8, 4) is 0 Å². The number of carbonyl (C=O) groups is 1. The number of rotatable bonds is 5. The number of pyridine rings is 1. The van der Waals surface area contributed by atoms with Crippen molar-refractivity contribution >= 4 is 11.6 Å². The van der Waals surface area contributed by atoms with Crippen LogP contribution in [0.2, 0.25) is 0 Å². The van der Waals surface area contributed by atoms with Gasteiger partial charge in [-0.3, -0.25) is 9.78 Å². The maximum atomic E-state index is 12.3. The summed E-state index contributed by atoms with van der Waals surface area (Å²) in [5.74, 6) is 0.737. The molecule has 2 rings (SSSR count). The van der Waals surface area contributed by atoms with Crippen molar-refractivity contribution < 1.29 is 4.79 Å². The predicted octanol–water partition coefficient (Wildman–Crippen LogP) is 3.60. The lowest BCUT2D eigenvalue weighted by Gasteiger charge is -2.16. The minimum atomic E-state index is -0.0466. The highest BCUT2D eigenvalue weighted by atomic mass is 16.1. The highest BCUT2D eigenvalue weighted by Crippen LogP contribution is 2.22. The summed E-state index contributed by atoms with van der Waals surface area (Å²) in [6.07, 6.45) is 8.62. The Hall–Kier alpha value is -1.58. The van der Waals surface area contributed by atoms with Crippen molar-refractivity contribution in [3.05, 3.63) is 24.0 Å². The van der Waals surface area contributed by atoms with Crippen LogP contribution in [0.4, 0.5) is 5.69 Å². The van der Waals surface area contributed by atoms with Crippen LogP contribution in [0.5, 0.6) is 0 Å². The van der Waals surface area contributed by atoms with E-state index in [0.717, 1.165) is 37.4 Å². The summed E-state index contributed by atoms with van der Waals surface area (Å²) >= 11 is 0. The Kier molecular flexibility index (Phi) is 6.03. The lowest BCUT2D eigenvalue weighted by Crippen LogP contribution is -2.35. The third-order valence-electron chi connectivity index (χ3n) is 4.16. The molecule has 1 aliphatic carbocycles. The Morgan fingerprint density at radius 2 is 2.19 bits per heavy atom. The fourth-order valence-corrected chi connectivity index (χ4v) is 2.82. The minimum Gasteiger partial charge on any atom is -0.385 e. The maximum absolute atomic E-state index is 12.3. The fourth-order valence-electron chi connectivity index (χ4n) is 2.82. The molecule has 0 bridgehead atoms. The Balaban J connectivity index is 1.93. The number of amides is 1. The summed E-state index contributed by atoms with van der Waals surface area (Å²) < 4.78 is 0. The third-order valence-corrected chi connectivity index (χ3v) is 4.16. The molecule has 4 heteroatoms. The van der Waals surface area contributed by atoms with Crippen molar-refractivity contribution in [2.24, 2.45) is 5.92 Å². The number of aromatic nitrogens is 1. The molecular weight excluding hydrogens is 262 g/mol. The van der Waals surface area contributed by atoms with Crippen LogP contribution >= 0.6 is 0 Å². The van der Waals surface area contributed by atoms with E-state index in [1.165, 1.54) is 19.3 Å². The zero-order chi connectivity index (χ0) is 15.1. The molecule has 0 radical (unpaired) electrons. The molecule has 1 heterocycles. The number of hydrogen-bond donors (Lipinski definition) is 2. The van der Waals surface area contributed by atoms with Crippen LogP contribution in [0.15, 0.2) is 18.3 Å². The first-order valence-electron chi connectivity index (χ1n) is 8.19. The molecule has 1 aromatic rings. The average Bonchev–Trinajstić information content (AvgIpc) is 2.70. The average molecular weight is 289 g/mol. The van der Waals surface area contributed by atoms with E-state index >= 15 is 0 Å². The number of anilines is 1. The number of nitrogens with zero attached hydrogens (tertiary/aromatic N) is 1. The van der Waals surface area contributed by atoms with Crippen LogP contribution in [0.25, 0.3) is 0 Å². The lowest BCUT2D eigenvalue weighted by molar-refractivity contribution is 0.0928. The summed E-state index contributed by atoms with van der Waals surface area (Å²) in [6, 6.07) is 4.04. The molecule has 21 heavy (non-hydrogen) atoms. The Morgan fingerprint density at radius 1 is 1.33 bits per heavy atom. The second-order valence-corrected chi connectivity index (χ2v) is 6.14. The maximum Gasteiger partial charge on any atom is 0.270 e. The van der Waals surface area contributed by atoms with Crippen molar-refractivity contribution in [1.29, 1.82) is 0 Å². The largest absolute Gasteiger partial charge is 0.385 e. The molecule has 0 aromatic carbocycles. The predicted molar refractivity (Wildman–Crippen MR) is 86.5 cm³/mol. The molecule has 2 atom stereocenters. The van der Waals surface area contributed by atoms with Gasteiger partial charge in [0.2, 0.25) is 0 Å². The van der Waals surface area contributed by atoms with Gasteiger partial charge in [0, 0.05) is 24.5 Å². The van der Waals surface area contributed by atoms with Crippen molar-refractivity contribution in [2.75, 3.05) is 11.9 Å². The monoisotopic (exact) mass is 289 g/mol. The second kappa shape index (κ2) is 8.01. The van der Waals surface area contributed by atoms with Crippen molar-refractivity contribution in [3.63, 3.8) is 0 Å². The molecule has 2 N–H and O–H groups in total. The van der Waals surface area contributed by atoms with Crippen molar-refractivity contribution in [1.82, 2.24) is 10.3 Å². The highest BCUT2D eigenvalue weighted by Gasteiger charge is 2.19. The van der Waals surface area contributed by atoms with Crippen LogP contribution < -0.4 is 10.6 Å². The Morgan fingerprint density at radius 3 is 3.00 bits per heavy atom. The zero-order valence-corrected chi connectivity index (χ0v) is 13.2. The van der Waals surface area contributed by atoms with Crippen LogP contribution in [0.3, 0.4) is 0 Å². The van der Waals surface area contributed by atoms with Gasteiger partial charge in [-0.05, 0) is 43.7 Å². The molecule has 1 aliphatic rings. The van der Waals surface area contributed by atoms with E-state index in [2.05, 4.69) is 29.5 Å². The second-order valence-electron chi connectivity index (χ2n) is 6.14. The summed E-state index contributed by atoms with van der Waals surface area (Å²) in [5.41, 5.74) is 1.47. The number of hydrogen-bond acceptors (Lipinski definition) is 3. The summed E-state index contributed by atoms with van der Waals surface area (Å²) in [6.45, 7) is 5.33. The fraction of sp³-hybridized carbons (Fsp3) is 0.647. The van der Waals surface area contributed by atoms with Gasteiger partial charge in [-0.15, -0.1) is 0 Å². The molecule has 0 aliphatic heterocycles. The smallest absolute Gasteiger partial charge is 0.270 e. The Labute approximate surface area is 127 Å².